The third-order valence-electron chi connectivity index (χ3n) is 4.37. The van der Waals surface area contributed by atoms with Crippen molar-refractivity contribution in [2.24, 2.45) is 17.6 Å². The second-order valence-corrected chi connectivity index (χ2v) is 6.20. The molecule has 4 unspecified atom stereocenters. The fourth-order valence-corrected chi connectivity index (χ4v) is 2.80. The monoisotopic (exact) mass is 254 g/mol. The molecule has 0 radical (unpaired) electrons. The molecule has 3 heteroatoms. The summed E-state index contributed by atoms with van der Waals surface area (Å²) in [5.74, 6) is 1.13. The number of likely N-dealkylation sites (tertiary alicyclic amines) is 1. The molecule has 18 heavy (non-hydrogen) atoms. The highest BCUT2D eigenvalue weighted by atomic mass is 16.2. The summed E-state index contributed by atoms with van der Waals surface area (Å²) >= 11 is 0. The molecule has 1 amide bonds. The van der Waals surface area contributed by atoms with Gasteiger partial charge in [-0.05, 0) is 45.4 Å². The van der Waals surface area contributed by atoms with Crippen molar-refractivity contribution in [3.63, 3.8) is 0 Å². The van der Waals surface area contributed by atoms with Gasteiger partial charge in [-0.25, -0.2) is 0 Å². The molecule has 0 aromatic rings. The van der Waals surface area contributed by atoms with Gasteiger partial charge in [0.05, 0.1) is 0 Å². The predicted molar refractivity (Wildman–Crippen MR) is 76.2 cm³/mol. The minimum Gasteiger partial charge on any atom is -0.339 e. The quantitative estimate of drug-likeness (QED) is 0.820. The van der Waals surface area contributed by atoms with Crippen molar-refractivity contribution in [1.82, 2.24) is 4.90 Å². The van der Waals surface area contributed by atoms with Crippen LogP contribution in [0.4, 0.5) is 0 Å². The molecule has 1 aliphatic rings. The van der Waals surface area contributed by atoms with E-state index in [0.717, 1.165) is 32.2 Å². The lowest BCUT2D eigenvalue weighted by molar-refractivity contribution is -0.139. The van der Waals surface area contributed by atoms with Gasteiger partial charge in [-0.1, -0.05) is 20.3 Å². The summed E-state index contributed by atoms with van der Waals surface area (Å²) in [5.41, 5.74) is 5.74. The summed E-state index contributed by atoms with van der Waals surface area (Å²) in [6.07, 6.45) is 5.46. The Bertz CT molecular complexity index is 265. The van der Waals surface area contributed by atoms with Gasteiger partial charge in [-0.15, -0.1) is 0 Å². The number of carbonyl (C=O) groups is 1. The zero-order valence-corrected chi connectivity index (χ0v) is 12.5. The molecule has 0 bridgehead atoms. The summed E-state index contributed by atoms with van der Waals surface area (Å²) in [6.45, 7) is 9.49. The van der Waals surface area contributed by atoms with Gasteiger partial charge >= 0.3 is 0 Å². The molecule has 0 aliphatic carbocycles. The maximum Gasteiger partial charge on any atom is 0.225 e. The van der Waals surface area contributed by atoms with Crippen LogP contribution in [0, 0.1) is 11.8 Å². The lowest BCUT2D eigenvalue weighted by Crippen LogP contribution is -2.48. The van der Waals surface area contributed by atoms with Crippen molar-refractivity contribution in [2.75, 3.05) is 6.54 Å². The molecular formula is C15H30N2O. The summed E-state index contributed by atoms with van der Waals surface area (Å²) in [7, 11) is 0. The first kappa shape index (κ1) is 15.5. The summed E-state index contributed by atoms with van der Waals surface area (Å²) < 4.78 is 0. The SMILES string of the molecule is CC(N)CCCC(C)C(=O)N1CCCC(C)C1C. The van der Waals surface area contributed by atoms with E-state index < -0.39 is 0 Å². The Morgan fingerprint density at radius 1 is 1.33 bits per heavy atom. The molecule has 1 rings (SSSR count). The lowest BCUT2D eigenvalue weighted by Gasteiger charge is -2.39. The maximum atomic E-state index is 12.4. The van der Waals surface area contributed by atoms with E-state index >= 15 is 0 Å². The van der Waals surface area contributed by atoms with E-state index in [4.69, 9.17) is 5.73 Å². The Morgan fingerprint density at radius 2 is 2.00 bits per heavy atom. The molecule has 3 nitrogen and oxygen atoms in total. The van der Waals surface area contributed by atoms with Gasteiger partial charge in [0.15, 0.2) is 0 Å². The van der Waals surface area contributed by atoms with Crippen molar-refractivity contribution in [3.8, 4) is 0 Å². The zero-order chi connectivity index (χ0) is 13.7. The van der Waals surface area contributed by atoms with Gasteiger partial charge < -0.3 is 10.6 Å². The van der Waals surface area contributed by atoms with Crippen LogP contribution < -0.4 is 5.73 Å². The first-order chi connectivity index (χ1) is 8.43. The average Bonchev–Trinajstić information content (AvgIpc) is 2.31. The molecule has 106 valence electrons. The molecule has 0 aromatic carbocycles. The lowest BCUT2D eigenvalue weighted by atomic mass is 9.90. The van der Waals surface area contributed by atoms with E-state index in [1.165, 1.54) is 6.42 Å². The van der Waals surface area contributed by atoms with Crippen molar-refractivity contribution < 1.29 is 4.79 Å². The fourth-order valence-electron chi connectivity index (χ4n) is 2.80. The number of hydrogen-bond donors (Lipinski definition) is 1. The highest BCUT2D eigenvalue weighted by Crippen LogP contribution is 2.25. The third kappa shape index (κ3) is 4.27. The van der Waals surface area contributed by atoms with Crippen LogP contribution in [0.1, 0.15) is 59.8 Å². The van der Waals surface area contributed by atoms with Gasteiger partial charge in [0.2, 0.25) is 5.91 Å². The van der Waals surface area contributed by atoms with Crippen molar-refractivity contribution in [1.29, 1.82) is 0 Å². The van der Waals surface area contributed by atoms with E-state index in [2.05, 4.69) is 25.7 Å². The Labute approximate surface area is 112 Å². The van der Waals surface area contributed by atoms with Crippen molar-refractivity contribution in [3.05, 3.63) is 0 Å². The Balaban J connectivity index is 2.42. The van der Waals surface area contributed by atoms with Crippen molar-refractivity contribution in [2.45, 2.75) is 71.9 Å². The van der Waals surface area contributed by atoms with E-state index in [-0.39, 0.29) is 12.0 Å². The first-order valence-corrected chi connectivity index (χ1v) is 7.49. The van der Waals surface area contributed by atoms with Crippen LogP contribution >= 0.6 is 0 Å². The summed E-state index contributed by atoms with van der Waals surface area (Å²) in [5, 5.41) is 0. The van der Waals surface area contributed by atoms with E-state index in [0.29, 0.717) is 17.9 Å². The van der Waals surface area contributed by atoms with Gasteiger partial charge in [0, 0.05) is 24.5 Å². The van der Waals surface area contributed by atoms with Gasteiger partial charge in [0.25, 0.3) is 0 Å². The average molecular weight is 254 g/mol. The number of nitrogens with zero attached hydrogens (tertiary/aromatic N) is 1. The number of rotatable bonds is 5. The molecule has 0 spiro atoms. The summed E-state index contributed by atoms with van der Waals surface area (Å²) in [6, 6.07) is 0.656. The number of nitrogens with two attached hydrogens (primary N) is 1. The minimum atomic E-state index is 0.150. The van der Waals surface area contributed by atoms with Crippen LogP contribution in [0.5, 0.6) is 0 Å². The molecule has 1 saturated heterocycles. The van der Waals surface area contributed by atoms with Crippen molar-refractivity contribution >= 4 is 5.91 Å². The maximum absolute atomic E-state index is 12.4. The smallest absolute Gasteiger partial charge is 0.225 e. The Morgan fingerprint density at radius 3 is 2.61 bits per heavy atom. The molecule has 0 aromatic heterocycles. The predicted octanol–water partition coefficient (Wildman–Crippen LogP) is 2.79. The standard InChI is InChI=1S/C15H30N2O/c1-11-8-6-10-17(14(11)4)15(18)12(2)7-5-9-13(3)16/h11-14H,5-10,16H2,1-4H3. The van der Waals surface area contributed by atoms with Crippen LogP contribution in [-0.2, 0) is 4.79 Å². The molecule has 0 saturated carbocycles. The van der Waals surface area contributed by atoms with Crippen LogP contribution in [-0.4, -0.2) is 29.4 Å². The Kier molecular flexibility index (Phi) is 6.13. The summed E-state index contributed by atoms with van der Waals surface area (Å²) in [4.78, 5) is 14.5. The molecule has 1 heterocycles. The topological polar surface area (TPSA) is 46.3 Å². The first-order valence-electron chi connectivity index (χ1n) is 7.49. The zero-order valence-electron chi connectivity index (χ0n) is 12.5. The molecule has 1 aliphatic heterocycles. The van der Waals surface area contributed by atoms with Crippen LogP contribution in [0.3, 0.4) is 0 Å². The van der Waals surface area contributed by atoms with Crippen LogP contribution in [0.2, 0.25) is 0 Å². The van der Waals surface area contributed by atoms with E-state index in [1.807, 2.05) is 6.92 Å². The number of carbonyl (C=O) groups excluding carboxylic acids is 1. The van der Waals surface area contributed by atoms with Crippen LogP contribution in [0.25, 0.3) is 0 Å². The molecular weight excluding hydrogens is 224 g/mol. The second kappa shape index (κ2) is 7.13. The molecule has 4 atom stereocenters. The minimum absolute atomic E-state index is 0.150. The second-order valence-electron chi connectivity index (χ2n) is 6.20. The highest BCUT2D eigenvalue weighted by molar-refractivity contribution is 5.78. The largest absolute Gasteiger partial charge is 0.339 e. The van der Waals surface area contributed by atoms with Gasteiger partial charge in [-0.3, -0.25) is 4.79 Å². The molecule has 1 fully saturated rings. The number of amides is 1. The highest BCUT2D eigenvalue weighted by Gasteiger charge is 2.30. The van der Waals surface area contributed by atoms with Gasteiger partial charge in [-0.2, -0.15) is 0 Å². The molecule has 2 N–H and O–H groups in total. The van der Waals surface area contributed by atoms with E-state index in [1.54, 1.807) is 0 Å². The van der Waals surface area contributed by atoms with E-state index in [9.17, 15) is 4.79 Å². The number of hydrogen-bond acceptors (Lipinski definition) is 2. The third-order valence-corrected chi connectivity index (χ3v) is 4.37. The Hall–Kier alpha value is -0.570. The normalized spacial score (nSPS) is 27.9. The van der Waals surface area contributed by atoms with Gasteiger partial charge in [0.1, 0.15) is 0 Å². The fraction of sp³-hybridized carbons (Fsp3) is 0.933. The number of piperidine rings is 1. The van der Waals surface area contributed by atoms with Crippen LogP contribution in [0.15, 0.2) is 0 Å².